The molecule has 192 valence electrons. The molecule has 1 aromatic carbocycles. The average molecular weight is 501 g/mol. The van der Waals surface area contributed by atoms with E-state index in [9.17, 15) is 4.79 Å². The molecule has 1 aliphatic heterocycles. The Kier molecular flexibility index (Phi) is 6.71. The molecule has 0 bridgehead atoms. The van der Waals surface area contributed by atoms with Gasteiger partial charge in [0.1, 0.15) is 16.8 Å². The maximum atomic E-state index is 15.3. The Morgan fingerprint density at radius 3 is 2.70 bits per heavy atom. The Morgan fingerprint density at radius 1 is 1.16 bits per heavy atom. The molecular formula is C30H33FN4O2. The summed E-state index contributed by atoms with van der Waals surface area (Å²) in [6, 6.07) is 5.98. The molecule has 1 amide bonds. The van der Waals surface area contributed by atoms with Crippen LogP contribution in [0.2, 0.25) is 0 Å². The maximum absolute atomic E-state index is 15.3. The van der Waals surface area contributed by atoms with Crippen LogP contribution in [0.15, 0.2) is 54.1 Å². The van der Waals surface area contributed by atoms with Crippen molar-refractivity contribution in [3.63, 3.8) is 0 Å². The van der Waals surface area contributed by atoms with Crippen LogP contribution in [0.4, 0.5) is 10.1 Å². The Hall–Kier alpha value is -3.74. The SMILES string of the molecule is Cc1cc(-c2c(F)cnc3c(N(C)C)c(C(=O)NC4CCOC5=C4C=CCC5)cnc23)cc(C(C)C)c1. The van der Waals surface area contributed by atoms with Crippen molar-refractivity contribution in [3.05, 3.63) is 76.6 Å². The number of aromatic nitrogens is 2. The standard InChI is InChI=1S/C30H33FN4O2/c1-17(2)19-12-18(3)13-20(14-19)26-23(31)16-33-28-27(26)32-15-22(29(28)35(4)5)30(36)34-24-10-11-37-25-9-7-6-8-21(24)25/h6,8,12-17,24H,7,9-11H2,1-5H3,(H,34,36). The van der Waals surface area contributed by atoms with Gasteiger partial charge in [-0.05, 0) is 30.4 Å². The van der Waals surface area contributed by atoms with E-state index in [1.807, 2.05) is 38.1 Å². The summed E-state index contributed by atoms with van der Waals surface area (Å²) in [5, 5.41) is 3.18. The molecule has 5 rings (SSSR count). The lowest BCUT2D eigenvalue weighted by Crippen LogP contribution is -2.40. The molecular weight excluding hydrogens is 467 g/mol. The lowest BCUT2D eigenvalue weighted by Gasteiger charge is -2.30. The molecule has 6 nitrogen and oxygen atoms in total. The molecule has 2 aromatic heterocycles. The molecule has 0 saturated heterocycles. The van der Waals surface area contributed by atoms with Crippen LogP contribution in [0.5, 0.6) is 0 Å². The molecule has 0 fully saturated rings. The van der Waals surface area contributed by atoms with E-state index in [0.29, 0.717) is 46.8 Å². The number of pyridine rings is 2. The van der Waals surface area contributed by atoms with Gasteiger partial charge in [0.2, 0.25) is 0 Å². The van der Waals surface area contributed by atoms with Crippen molar-refractivity contribution in [2.45, 2.75) is 52.0 Å². The maximum Gasteiger partial charge on any atom is 0.255 e. The highest BCUT2D eigenvalue weighted by Crippen LogP contribution is 2.36. The van der Waals surface area contributed by atoms with Crippen molar-refractivity contribution in [1.29, 1.82) is 0 Å². The fraction of sp³-hybridized carbons (Fsp3) is 0.367. The molecule has 0 spiro atoms. The van der Waals surface area contributed by atoms with Gasteiger partial charge < -0.3 is 15.0 Å². The van der Waals surface area contributed by atoms with Crippen molar-refractivity contribution in [1.82, 2.24) is 15.3 Å². The van der Waals surface area contributed by atoms with Crippen LogP contribution in [0, 0.1) is 12.7 Å². The predicted octanol–water partition coefficient (Wildman–Crippen LogP) is 6.06. The summed E-state index contributed by atoms with van der Waals surface area (Å²) in [5.41, 5.74) is 6.32. The molecule has 1 unspecified atom stereocenters. The summed E-state index contributed by atoms with van der Waals surface area (Å²) in [6.07, 6.45) is 9.45. The number of rotatable bonds is 5. The van der Waals surface area contributed by atoms with Gasteiger partial charge in [-0.3, -0.25) is 9.78 Å². The Labute approximate surface area is 217 Å². The fourth-order valence-corrected chi connectivity index (χ4v) is 5.25. The zero-order valence-corrected chi connectivity index (χ0v) is 22.1. The van der Waals surface area contributed by atoms with Gasteiger partial charge in [0.25, 0.3) is 5.91 Å². The van der Waals surface area contributed by atoms with Crippen molar-refractivity contribution >= 4 is 22.6 Å². The molecule has 1 aliphatic carbocycles. The average Bonchev–Trinajstić information content (AvgIpc) is 2.87. The molecule has 37 heavy (non-hydrogen) atoms. The highest BCUT2D eigenvalue weighted by molar-refractivity contribution is 6.08. The molecule has 7 heteroatoms. The highest BCUT2D eigenvalue weighted by atomic mass is 19.1. The van der Waals surface area contributed by atoms with Gasteiger partial charge >= 0.3 is 0 Å². The van der Waals surface area contributed by atoms with Gasteiger partial charge in [-0.2, -0.15) is 0 Å². The van der Waals surface area contributed by atoms with E-state index in [-0.39, 0.29) is 11.9 Å². The molecule has 2 aliphatic rings. The molecule has 0 saturated carbocycles. The fourth-order valence-electron chi connectivity index (χ4n) is 5.25. The first-order chi connectivity index (χ1) is 17.7. The Bertz CT molecular complexity index is 1440. The van der Waals surface area contributed by atoms with E-state index < -0.39 is 5.82 Å². The van der Waals surface area contributed by atoms with Gasteiger partial charge in [-0.15, -0.1) is 0 Å². The van der Waals surface area contributed by atoms with Crippen molar-refractivity contribution in [2.24, 2.45) is 0 Å². The predicted molar refractivity (Wildman–Crippen MR) is 145 cm³/mol. The van der Waals surface area contributed by atoms with E-state index in [0.717, 1.165) is 40.9 Å². The van der Waals surface area contributed by atoms with E-state index in [2.05, 4.69) is 47.4 Å². The number of nitrogens with zero attached hydrogens (tertiary/aromatic N) is 3. The van der Waals surface area contributed by atoms with E-state index in [1.54, 1.807) is 6.20 Å². The quantitative estimate of drug-likeness (QED) is 0.462. The Morgan fingerprint density at radius 2 is 1.95 bits per heavy atom. The summed E-state index contributed by atoms with van der Waals surface area (Å²) in [6.45, 7) is 6.82. The normalized spacial score (nSPS) is 17.1. The number of hydrogen-bond donors (Lipinski definition) is 1. The van der Waals surface area contributed by atoms with Crippen LogP contribution in [-0.2, 0) is 4.74 Å². The van der Waals surface area contributed by atoms with Gasteiger partial charge in [0, 0.05) is 44.3 Å². The zero-order valence-electron chi connectivity index (χ0n) is 22.1. The number of aryl methyl sites for hydroxylation is 1. The summed E-state index contributed by atoms with van der Waals surface area (Å²) in [7, 11) is 3.72. The molecule has 1 atom stereocenters. The molecule has 1 N–H and O–H groups in total. The van der Waals surface area contributed by atoms with Crippen LogP contribution in [0.1, 0.15) is 60.5 Å². The first kappa shape index (κ1) is 24.9. The number of amides is 1. The first-order valence-electron chi connectivity index (χ1n) is 12.8. The van der Waals surface area contributed by atoms with E-state index in [1.165, 1.54) is 6.20 Å². The van der Waals surface area contributed by atoms with Crippen molar-refractivity contribution < 1.29 is 13.9 Å². The van der Waals surface area contributed by atoms with Gasteiger partial charge in [0.05, 0.1) is 30.1 Å². The number of fused-ring (bicyclic) bond motifs is 1. The number of carbonyl (C=O) groups is 1. The third-order valence-corrected chi connectivity index (χ3v) is 7.08. The molecule has 3 aromatic rings. The highest BCUT2D eigenvalue weighted by Gasteiger charge is 2.28. The van der Waals surface area contributed by atoms with Crippen LogP contribution in [0.3, 0.4) is 0 Å². The number of anilines is 1. The van der Waals surface area contributed by atoms with Gasteiger partial charge in [-0.25, -0.2) is 9.37 Å². The largest absolute Gasteiger partial charge is 0.497 e. The Balaban J connectivity index is 1.60. The minimum Gasteiger partial charge on any atom is -0.497 e. The number of halogens is 1. The van der Waals surface area contributed by atoms with Crippen LogP contribution in [-0.4, -0.2) is 42.6 Å². The third kappa shape index (κ3) is 4.70. The second kappa shape index (κ2) is 9.96. The smallest absolute Gasteiger partial charge is 0.255 e. The topological polar surface area (TPSA) is 67.4 Å². The number of ether oxygens (including phenoxy) is 1. The number of nitrogens with one attached hydrogen (secondary N) is 1. The minimum absolute atomic E-state index is 0.128. The second-order valence-corrected chi connectivity index (χ2v) is 10.4. The number of benzene rings is 1. The van der Waals surface area contributed by atoms with Crippen LogP contribution >= 0.6 is 0 Å². The van der Waals surface area contributed by atoms with Crippen LogP contribution < -0.4 is 10.2 Å². The van der Waals surface area contributed by atoms with E-state index in [4.69, 9.17) is 4.74 Å². The zero-order chi connectivity index (χ0) is 26.3. The second-order valence-electron chi connectivity index (χ2n) is 10.4. The number of allylic oxidation sites excluding steroid dienone is 2. The third-order valence-electron chi connectivity index (χ3n) is 7.08. The lowest BCUT2D eigenvalue weighted by atomic mass is 9.93. The van der Waals surface area contributed by atoms with Crippen molar-refractivity contribution in [3.8, 4) is 11.1 Å². The number of carbonyl (C=O) groups excluding carboxylic acids is 1. The monoisotopic (exact) mass is 500 g/mol. The van der Waals surface area contributed by atoms with Crippen LogP contribution in [0.25, 0.3) is 22.2 Å². The molecule has 0 radical (unpaired) electrons. The van der Waals surface area contributed by atoms with Gasteiger partial charge in [-0.1, -0.05) is 49.8 Å². The van der Waals surface area contributed by atoms with E-state index >= 15 is 4.39 Å². The summed E-state index contributed by atoms with van der Waals surface area (Å²) in [5.74, 6) is 0.591. The first-order valence-corrected chi connectivity index (χ1v) is 12.8. The minimum atomic E-state index is -0.437. The summed E-state index contributed by atoms with van der Waals surface area (Å²) < 4.78 is 21.1. The lowest BCUT2D eigenvalue weighted by molar-refractivity contribution is 0.0921. The summed E-state index contributed by atoms with van der Waals surface area (Å²) in [4.78, 5) is 24.5. The van der Waals surface area contributed by atoms with Crippen molar-refractivity contribution in [2.75, 3.05) is 25.6 Å². The number of hydrogen-bond acceptors (Lipinski definition) is 5. The summed E-state index contributed by atoms with van der Waals surface area (Å²) >= 11 is 0. The molecule has 3 heterocycles. The van der Waals surface area contributed by atoms with Gasteiger partial charge in [0.15, 0.2) is 5.82 Å².